The highest BCUT2D eigenvalue weighted by atomic mass is 35.5. The number of nitrogens with one attached hydrogen (secondary N) is 2. The van der Waals surface area contributed by atoms with Crippen LogP contribution in [0.3, 0.4) is 0 Å². The molecular formula is C16H25ClN2OS. The van der Waals surface area contributed by atoms with E-state index < -0.39 is 0 Å². The highest BCUT2D eigenvalue weighted by Gasteiger charge is 2.25. The first kappa shape index (κ1) is 16.8. The Hall–Kier alpha value is -0.580. The standard InChI is InChI=1S/C16H24N2OS.ClH/c1-10-3-4-14-12(7-10)8-15(20-14)16(19)18-13-5-6-17-9-11(13)2;/h8,10-11,13,17H,3-7,9H2,1-2H3,(H,18,19);1H. The molecule has 0 aromatic carbocycles. The van der Waals surface area contributed by atoms with E-state index in [1.165, 1.54) is 16.9 Å². The molecule has 118 valence electrons. The van der Waals surface area contributed by atoms with Crippen LogP contribution >= 0.6 is 23.7 Å². The van der Waals surface area contributed by atoms with E-state index in [1.807, 2.05) is 0 Å². The molecule has 2 aliphatic rings. The number of carbonyl (C=O) groups is 1. The second kappa shape index (κ2) is 7.12. The predicted octanol–water partition coefficient (Wildman–Crippen LogP) is 3.02. The molecule has 0 spiro atoms. The number of thiophene rings is 1. The Kier molecular flexibility index (Phi) is 5.69. The van der Waals surface area contributed by atoms with Crippen molar-refractivity contribution in [1.82, 2.24) is 10.6 Å². The predicted molar refractivity (Wildman–Crippen MR) is 90.7 cm³/mol. The summed E-state index contributed by atoms with van der Waals surface area (Å²) in [6, 6.07) is 2.46. The molecule has 3 nitrogen and oxygen atoms in total. The number of amides is 1. The van der Waals surface area contributed by atoms with Gasteiger partial charge in [0, 0.05) is 10.9 Å². The highest BCUT2D eigenvalue weighted by Crippen LogP contribution is 2.32. The van der Waals surface area contributed by atoms with Gasteiger partial charge in [-0.2, -0.15) is 0 Å². The Morgan fingerprint density at radius 2 is 2.19 bits per heavy atom. The van der Waals surface area contributed by atoms with Gasteiger partial charge in [-0.15, -0.1) is 23.7 Å². The van der Waals surface area contributed by atoms with Gasteiger partial charge in [0.2, 0.25) is 0 Å². The van der Waals surface area contributed by atoms with E-state index in [0.717, 1.165) is 43.1 Å². The van der Waals surface area contributed by atoms with Crippen LogP contribution < -0.4 is 10.6 Å². The Balaban J connectivity index is 0.00000161. The quantitative estimate of drug-likeness (QED) is 0.876. The molecule has 0 bridgehead atoms. The van der Waals surface area contributed by atoms with E-state index in [0.29, 0.717) is 12.0 Å². The average Bonchev–Trinajstić information content (AvgIpc) is 2.84. The first-order valence-electron chi connectivity index (χ1n) is 7.76. The summed E-state index contributed by atoms with van der Waals surface area (Å²) >= 11 is 1.71. The second-order valence-electron chi connectivity index (χ2n) is 6.46. The molecule has 2 heterocycles. The van der Waals surface area contributed by atoms with Crippen molar-refractivity contribution in [2.45, 2.75) is 45.6 Å². The lowest BCUT2D eigenvalue weighted by atomic mass is 9.90. The van der Waals surface area contributed by atoms with Crippen molar-refractivity contribution in [2.24, 2.45) is 11.8 Å². The van der Waals surface area contributed by atoms with Gasteiger partial charge >= 0.3 is 0 Å². The Morgan fingerprint density at radius 1 is 1.38 bits per heavy atom. The minimum absolute atomic E-state index is 0. The fourth-order valence-corrected chi connectivity index (χ4v) is 4.40. The second-order valence-corrected chi connectivity index (χ2v) is 7.59. The maximum Gasteiger partial charge on any atom is 0.261 e. The smallest absolute Gasteiger partial charge is 0.261 e. The van der Waals surface area contributed by atoms with E-state index in [9.17, 15) is 4.79 Å². The molecule has 5 heteroatoms. The van der Waals surface area contributed by atoms with Crippen molar-refractivity contribution >= 4 is 29.7 Å². The largest absolute Gasteiger partial charge is 0.348 e. The number of carbonyl (C=O) groups excluding carboxylic acids is 1. The SMILES string of the molecule is CC1CCc2sc(C(=O)NC3CCNCC3C)cc2C1.Cl. The zero-order chi connectivity index (χ0) is 14.1. The number of halogens is 1. The lowest BCUT2D eigenvalue weighted by molar-refractivity contribution is 0.0918. The number of aryl methyl sites for hydroxylation is 1. The fraction of sp³-hybridized carbons (Fsp3) is 0.688. The van der Waals surface area contributed by atoms with E-state index in [1.54, 1.807) is 11.3 Å². The van der Waals surface area contributed by atoms with Crippen molar-refractivity contribution in [3.63, 3.8) is 0 Å². The van der Waals surface area contributed by atoms with Gasteiger partial charge in [0.1, 0.15) is 0 Å². The summed E-state index contributed by atoms with van der Waals surface area (Å²) in [4.78, 5) is 14.8. The van der Waals surface area contributed by atoms with Crippen LogP contribution in [0, 0.1) is 11.8 Å². The van der Waals surface area contributed by atoms with Gasteiger partial charge in [0.25, 0.3) is 5.91 Å². The molecule has 1 amide bonds. The van der Waals surface area contributed by atoms with E-state index in [2.05, 4.69) is 30.5 Å². The van der Waals surface area contributed by atoms with Gasteiger partial charge in [0.05, 0.1) is 4.88 Å². The average molecular weight is 329 g/mol. The molecule has 3 atom stereocenters. The molecule has 21 heavy (non-hydrogen) atoms. The van der Waals surface area contributed by atoms with Crippen LogP contribution in [0.4, 0.5) is 0 Å². The number of fused-ring (bicyclic) bond motifs is 1. The van der Waals surface area contributed by atoms with Crippen LogP contribution in [0.2, 0.25) is 0 Å². The van der Waals surface area contributed by atoms with Crippen LogP contribution in [0.5, 0.6) is 0 Å². The maximum absolute atomic E-state index is 12.4. The zero-order valence-electron chi connectivity index (χ0n) is 12.8. The van der Waals surface area contributed by atoms with Crippen LogP contribution in [0.25, 0.3) is 0 Å². The van der Waals surface area contributed by atoms with Crippen LogP contribution in [0.15, 0.2) is 6.07 Å². The van der Waals surface area contributed by atoms with Crippen molar-refractivity contribution < 1.29 is 4.79 Å². The summed E-state index contributed by atoms with van der Waals surface area (Å²) in [5.41, 5.74) is 1.41. The molecule has 3 rings (SSSR count). The number of hydrogen-bond acceptors (Lipinski definition) is 3. The summed E-state index contributed by atoms with van der Waals surface area (Å²) in [5, 5.41) is 6.61. The Morgan fingerprint density at radius 3 is 2.95 bits per heavy atom. The van der Waals surface area contributed by atoms with Crippen molar-refractivity contribution in [3.05, 3.63) is 21.4 Å². The third-order valence-electron chi connectivity index (χ3n) is 4.65. The minimum Gasteiger partial charge on any atom is -0.348 e. The van der Waals surface area contributed by atoms with Gasteiger partial charge in [-0.05, 0) is 62.2 Å². The number of rotatable bonds is 2. The van der Waals surface area contributed by atoms with Crippen molar-refractivity contribution in [3.8, 4) is 0 Å². The monoisotopic (exact) mass is 328 g/mol. The Labute approximate surface area is 137 Å². The van der Waals surface area contributed by atoms with Gasteiger partial charge < -0.3 is 10.6 Å². The third-order valence-corrected chi connectivity index (χ3v) is 5.89. The summed E-state index contributed by atoms with van der Waals surface area (Å²) in [5.74, 6) is 1.41. The molecule has 1 aliphatic heterocycles. The van der Waals surface area contributed by atoms with Crippen LogP contribution in [-0.2, 0) is 12.8 Å². The molecule has 2 N–H and O–H groups in total. The molecule has 1 fully saturated rings. The summed E-state index contributed by atoms with van der Waals surface area (Å²) in [7, 11) is 0. The third kappa shape index (κ3) is 3.79. The summed E-state index contributed by atoms with van der Waals surface area (Å²) in [6.45, 7) is 6.52. The minimum atomic E-state index is 0. The number of hydrogen-bond donors (Lipinski definition) is 2. The van der Waals surface area contributed by atoms with Gasteiger partial charge in [0.15, 0.2) is 0 Å². The molecule has 0 saturated carbocycles. The molecule has 1 aliphatic carbocycles. The van der Waals surface area contributed by atoms with Crippen molar-refractivity contribution in [2.75, 3.05) is 13.1 Å². The lowest BCUT2D eigenvalue weighted by Gasteiger charge is -2.30. The zero-order valence-corrected chi connectivity index (χ0v) is 14.4. The molecule has 0 radical (unpaired) electrons. The molecule has 3 unspecified atom stereocenters. The topological polar surface area (TPSA) is 41.1 Å². The normalized spacial score (nSPS) is 28.4. The molecule has 1 aromatic heterocycles. The van der Waals surface area contributed by atoms with E-state index >= 15 is 0 Å². The van der Waals surface area contributed by atoms with E-state index in [4.69, 9.17) is 0 Å². The first-order chi connectivity index (χ1) is 9.63. The maximum atomic E-state index is 12.4. The summed E-state index contributed by atoms with van der Waals surface area (Å²) < 4.78 is 0. The first-order valence-corrected chi connectivity index (χ1v) is 8.58. The number of piperidine rings is 1. The van der Waals surface area contributed by atoms with Gasteiger partial charge in [-0.1, -0.05) is 13.8 Å². The molecule has 1 aromatic rings. The van der Waals surface area contributed by atoms with Crippen molar-refractivity contribution in [1.29, 1.82) is 0 Å². The Bertz CT molecular complexity index is 502. The fourth-order valence-electron chi connectivity index (χ4n) is 3.29. The molecular weight excluding hydrogens is 304 g/mol. The molecule has 1 saturated heterocycles. The van der Waals surface area contributed by atoms with Gasteiger partial charge in [-0.25, -0.2) is 0 Å². The van der Waals surface area contributed by atoms with Crippen LogP contribution in [-0.4, -0.2) is 25.0 Å². The lowest BCUT2D eigenvalue weighted by Crippen LogP contribution is -2.48. The highest BCUT2D eigenvalue weighted by molar-refractivity contribution is 7.14. The summed E-state index contributed by atoms with van der Waals surface area (Å²) in [6.07, 6.45) is 4.59. The van der Waals surface area contributed by atoms with Gasteiger partial charge in [-0.3, -0.25) is 4.79 Å². The van der Waals surface area contributed by atoms with E-state index in [-0.39, 0.29) is 18.3 Å². The van der Waals surface area contributed by atoms with Crippen LogP contribution in [0.1, 0.15) is 46.8 Å².